The summed E-state index contributed by atoms with van der Waals surface area (Å²) in [6, 6.07) is 16.9. The van der Waals surface area contributed by atoms with Crippen molar-refractivity contribution in [3.8, 4) is 0 Å². The molecule has 2 saturated heterocycles. The topological polar surface area (TPSA) is 39.7 Å². The van der Waals surface area contributed by atoms with Crippen molar-refractivity contribution in [1.82, 2.24) is 19.7 Å². The molecule has 5 nitrogen and oxygen atoms in total. The van der Waals surface area contributed by atoms with Gasteiger partial charge in [-0.15, -0.1) is 11.8 Å². The number of likely N-dealkylation sites (tertiary alicyclic amines) is 1. The number of halogens is 1. The highest BCUT2D eigenvalue weighted by atomic mass is 35.5. The maximum Gasteiger partial charge on any atom is 0.240 e. The summed E-state index contributed by atoms with van der Waals surface area (Å²) in [5.41, 5.74) is 1.09. The summed E-state index contributed by atoms with van der Waals surface area (Å²) in [7, 11) is 0. The molecule has 1 aromatic carbocycles. The summed E-state index contributed by atoms with van der Waals surface area (Å²) in [5, 5.41) is 2.12. The van der Waals surface area contributed by atoms with Crippen molar-refractivity contribution in [2.75, 3.05) is 39.3 Å². The van der Waals surface area contributed by atoms with E-state index in [1.165, 1.54) is 32.1 Å². The van der Waals surface area contributed by atoms with Crippen LogP contribution >= 0.6 is 23.4 Å². The van der Waals surface area contributed by atoms with Gasteiger partial charge in [-0.25, -0.2) is 4.98 Å². The summed E-state index contributed by atoms with van der Waals surface area (Å²) in [4.78, 5) is 25.8. The summed E-state index contributed by atoms with van der Waals surface area (Å²) >= 11 is 8.58. The Hall–Kier alpha value is -1.86. The molecule has 6 fully saturated rings. The first-order chi connectivity index (χ1) is 19.6. The molecule has 0 N–H and O–H groups in total. The van der Waals surface area contributed by atoms with Crippen LogP contribution in [0.1, 0.15) is 44.1 Å². The third-order valence-electron chi connectivity index (χ3n) is 10.3. The molecule has 2 atom stereocenters. The molecule has 2 aromatic rings. The molecular formula is C33H41ClN4OS. The number of aromatic nitrogens is 1. The van der Waals surface area contributed by atoms with Gasteiger partial charge in [0.05, 0.1) is 11.1 Å². The number of hydrogen-bond donors (Lipinski definition) is 0. The van der Waals surface area contributed by atoms with Gasteiger partial charge in [0, 0.05) is 61.8 Å². The van der Waals surface area contributed by atoms with E-state index in [0.29, 0.717) is 11.8 Å². The molecule has 0 spiro atoms. The van der Waals surface area contributed by atoms with Crippen LogP contribution in [0.3, 0.4) is 0 Å². The average molecular weight is 577 g/mol. The van der Waals surface area contributed by atoms with E-state index >= 15 is 0 Å². The second kappa shape index (κ2) is 11.8. The number of rotatable bonds is 7. The lowest BCUT2D eigenvalue weighted by molar-refractivity contribution is -0.139. The van der Waals surface area contributed by atoms with Crippen LogP contribution in [0.15, 0.2) is 64.8 Å². The molecule has 0 unspecified atom stereocenters. The Kier molecular flexibility index (Phi) is 7.96. The van der Waals surface area contributed by atoms with Crippen LogP contribution in [0.5, 0.6) is 0 Å². The molecular weight excluding hydrogens is 536 g/mol. The molecule has 4 bridgehead atoms. The van der Waals surface area contributed by atoms with E-state index in [2.05, 4.69) is 37.9 Å². The van der Waals surface area contributed by atoms with Gasteiger partial charge in [0.25, 0.3) is 0 Å². The first-order valence-corrected chi connectivity index (χ1v) is 16.6. The monoisotopic (exact) mass is 576 g/mol. The standard InChI is InChI=1S/C33H41ClN4OS/c34-28(19-23-6-2-1-3-7-23)21-38-22-29(40-31-8-4-5-9-35-31)20-30(38)33(39)37-12-10-36(11-13-37)32-26-15-24-14-25(17-26)18-27(32)16-24/h1-9,19,24-27,29-30,32H,10-18,20-22H2/t24?,25?,26?,27?,29-,30-,32?/m0/s1. The van der Waals surface area contributed by atoms with E-state index < -0.39 is 0 Å². The van der Waals surface area contributed by atoms with E-state index in [-0.39, 0.29) is 11.9 Å². The van der Waals surface area contributed by atoms with Crippen LogP contribution in [0.2, 0.25) is 0 Å². The minimum atomic E-state index is -0.133. The number of amides is 1. The Labute approximate surface area is 248 Å². The summed E-state index contributed by atoms with van der Waals surface area (Å²) in [6.07, 6.45) is 12.1. The lowest BCUT2D eigenvalue weighted by atomic mass is 9.54. The van der Waals surface area contributed by atoms with Crippen LogP contribution in [0.25, 0.3) is 6.08 Å². The van der Waals surface area contributed by atoms with Gasteiger partial charge in [-0.3, -0.25) is 14.6 Å². The number of piperazine rings is 1. The molecule has 8 rings (SSSR count). The van der Waals surface area contributed by atoms with Crippen molar-refractivity contribution in [2.24, 2.45) is 23.7 Å². The largest absolute Gasteiger partial charge is 0.339 e. The SMILES string of the molecule is O=C([C@@H]1C[C@H](Sc2ccccn2)CN1CC(Cl)=Cc1ccccc1)N1CCN(C2C3CC4CC(C3)CC2C4)CC1. The second-order valence-corrected chi connectivity index (χ2v) is 14.7. The third-order valence-corrected chi connectivity index (χ3v) is 11.7. The lowest BCUT2D eigenvalue weighted by Crippen LogP contribution is -2.61. The van der Waals surface area contributed by atoms with Gasteiger partial charge in [-0.05, 0) is 86.0 Å². The van der Waals surface area contributed by atoms with Crippen LogP contribution in [0, 0.1) is 23.7 Å². The van der Waals surface area contributed by atoms with Crippen molar-refractivity contribution in [3.63, 3.8) is 0 Å². The molecule has 1 amide bonds. The van der Waals surface area contributed by atoms with E-state index in [0.717, 1.165) is 84.5 Å². The number of carbonyl (C=O) groups is 1. The Balaban J connectivity index is 1.02. The minimum absolute atomic E-state index is 0.133. The van der Waals surface area contributed by atoms with Crippen molar-refractivity contribution in [2.45, 2.75) is 60.9 Å². The quantitative estimate of drug-likeness (QED) is 0.412. The Bertz CT molecular complexity index is 1170. The van der Waals surface area contributed by atoms with Gasteiger partial charge < -0.3 is 4.90 Å². The molecule has 40 heavy (non-hydrogen) atoms. The molecule has 3 heterocycles. The Morgan fingerprint density at radius 1 is 0.900 bits per heavy atom. The predicted molar refractivity (Wildman–Crippen MR) is 163 cm³/mol. The van der Waals surface area contributed by atoms with Crippen molar-refractivity contribution in [1.29, 1.82) is 0 Å². The first-order valence-electron chi connectivity index (χ1n) is 15.3. The maximum absolute atomic E-state index is 14.1. The fraction of sp³-hybridized carbons (Fsp3) is 0.576. The number of hydrogen-bond acceptors (Lipinski definition) is 5. The summed E-state index contributed by atoms with van der Waals surface area (Å²) in [6.45, 7) is 5.22. The fourth-order valence-electron chi connectivity index (χ4n) is 8.88. The van der Waals surface area contributed by atoms with E-state index in [1.54, 1.807) is 11.8 Å². The minimum Gasteiger partial charge on any atom is -0.339 e. The molecule has 1 aromatic heterocycles. The zero-order valence-corrected chi connectivity index (χ0v) is 24.9. The highest BCUT2D eigenvalue weighted by molar-refractivity contribution is 7.99. The van der Waals surface area contributed by atoms with Crippen molar-refractivity contribution >= 4 is 35.3 Å². The summed E-state index contributed by atoms with van der Waals surface area (Å²) < 4.78 is 0. The van der Waals surface area contributed by atoms with Gasteiger partial charge in [-0.1, -0.05) is 48.0 Å². The molecule has 0 radical (unpaired) electrons. The fourth-order valence-corrected chi connectivity index (χ4v) is 10.3. The van der Waals surface area contributed by atoms with Crippen LogP contribution in [-0.4, -0.2) is 82.2 Å². The number of pyridine rings is 1. The van der Waals surface area contributed by atoms with Gasteiger partial charge in [0.2, 0.25) is 5.91 Å². The van der Waals surface area contributed by atoms with Crippen LogP contribution in [0.4, 0.5) is 0 Å². The lowest BCUT2D eigenvalue weighted by Gasteiger charge is -2.58. The molecule has 4 saturated carbocycles. The highest BCUT2D eigenvalue weighted by Crippen LogP contribution is 2.55. The Morgan fingerprint density at radius 2 is 1.60 bits per heavy atom. The average Bonchev–Trinajstić information content (AvgIpc) is 3.35. The van der Waals surface area contributed by atoms with E-state index in [1.807, 2.05) is 42.6 Å². The Morgan fingerprint density at radius 3 is 2.27 bits per heavy atom. The second-order valence-electron chi connectivity index (χ2n) is 12.9. The normalized spacial score (nSPS) is 34.5. The third kappa shape index (κ3) is 5.74. The number of thioether (sulfide) groups is 1. The number of benzene rings is 1. The molecule has 4 aliphatic carbocycles. The highest BCUT2D eigenvalue weighted by Gasteiger charge is 2.50. The van der Waals surface area contributed by atoms with Crippen LogP contribution in [-0.2, 0) is 4.79 Å². The zero-order chi connectivity index (χ0) is 27.1. The van der Waals surface area contributed by atoms with Gasteiger partial charge in [0.1, 0.15) is 0 Å². The van der Waals surface area contributed by atoms with Gasteiger partial charge in [0.15, 0.2) is 0 Å². The van der Waals surface area contributed by atoms with E-state index in [9.17, 15) is 4.79 Å². The molecule has 2 aliphatic heterocycles. The predicted octanol–water partition coefficient (Wildman–Crippen LogP) is 5.87. The van der Waals surface area contributed by atoms with Crippen molar-refractivity contribution in [3.05, 3.63) is 65.3 Å². The zero-order valence-electron chi connectivity index (χ0n) is 23.3. The maximum atomic E-state index is 14.1. The molecule has 7 heteroatoms. The summed E-state index contributed by atoms with van der Waals surface area (Å²) in [5.74, 6) is 4.13. The number of carbonyl (C=O) groups excluding carboxylic acids is 1. The van der Waals surface area contributed by atoms with E-state index in [4.69, 9.17) is 11.6 Å². The van der Waals surface area contributed by atoms with Crippen LogP contribution < -0.4 is 0 Å². The van der Waals surface area contributed by atoms with Gasteiger partial charge >= 0.3 is 0 Å². The molecule has 212 valence electrons. The number of nitrogens with zero attached hydrogens (tertiary/aromatic N) is 4. The van der Waals surface area contributed by atoms with Crippen molar-refractivity contribution < 1.29 is 4.79 Å². The smallest absolute Gasteiger partial charge is 0.240 e. The molecule has 6 aliphatic rings. The first kappa shape index (κ1) is 27.0. The van der Waals surface area contributed by atoms with Gasteiger partial charge in [-0.2, -0.15) is 0 Å².